The molecule has 0 spiro atoms. The highest BCUT2D eigenvalue weighted by atomic mass is 35.5. The molecule has 0 saturated heterocycles. The molecule has 1 aliphatic heterocycles. The SMILES string of the molecule is Cc1ccc(CSc2nnc3c(n2)O[C@@H](c2cc(O)ccc2Cl)Nc2ccccc2-3)cc1. The van der Waals surface area contributed by atoms with E-state index in [4.69, 9.17) is 16.3 Å². The molecule has 0 amide bonds. The van der Waals surface area contributed by atoms with Crippen molar-refractivity contribution in [3.05, 3.63) is 88.4 Å². The fourth-order valence-electron chi connectivity index (χ4n) is 3.41. The third-order valence-electron chi connectivity index (χ3n) is 5.08. The molecule has 5 rings (SSSR count). The first-order chi connectivity index (χ1) is 15.6. The number of phenolic OH excluding ortho intramolecular Hbond substituents is 1. The highest BCUT2D eigenvalue weighted by molar-refractivity contribution is 7.98. The van der Waals surface area contributed by atoms with Crippen molar-refractivity contribution in [3.8, 4) is 22.9 Å². The number of thioether (sulfide) groups is 1. The van der Waals surface area contributed by atoms with Crippen LogP contribution in [0.25, 0.3) is 11.3 Å². The van der Waals surface area contributed by atoms with E-state index >= 15 is 0 Å². The van der Waals surface area contributed by atoms with Gasteiger partial charge in [0.2, 0.25) is 11.0 Å². The summed E-state index contributed by atoms with van der Waals surface area (Å²) in [4.78, 5) is 4.65. The predicted molar refractivity (Wildman–Crippen MR) is 126 cm³/mol. The third kappa shape index (κ3) is 4.22. The van der Waals surface area contributed by atoms with Crippen LogP contribution in [-0.2, 0) is 5.75 Å². The Morgan fingerprint density at radius 1 is 1.06 bits per heavy atom. The average Bonchev–Trinajstić information content (AvgIpc) is 2.96. The van der Waals surface area contributed by atoms with E-state index in [0.29, 0.717) is 27.3 Å². The molecule has 32 heavy (non-hydrogen) atoms. The van der Waals surface area contributed by atoms with Crippen LogP contribution in [0.5, 0.6) is 11.6 Å². The quantitative estimate of drug-likeness (QED) is 0.360. The van der Waals surface area contributed by atoms with Crippen LogP contribution >= 0.6 is 23.4 Å². The summed E-state index contributed by atoms with van der Waals surface area (Å²) in [6.45, 7) is 2.06. The van der Waals surface area contributed by atoms with Crippen molar-refractivity contribution in [2.45, 2.75) is 24.1 Å². The summed E-state index contributed by atoms with van der Waals surface area (Å²) in [7, 11) is 0. The molecule has 0 saturated carbocycles. The average molecular weight is 463 g/mol. The van der Waals surface area contributed by atoms with Gasteiger partial charge in [-0.3, -0.25) is 0 Å². The molecule has 0 fully saturated rings. The van der Waals surface area contributed by atoms with E-state index in [1.807, 2.05) is 24.3 Å². The summed E-state index contributed by atoms with van der Waals surface area (Å²) in [5, 5.41) is 23.1. The van der Waals surface area contributed by atoms with Crippen molar-refractivity contribution < 1.29 is 9.84 Å². The van der Waals surface area contributed by atoms with Gasteiger partial charge in [0.15, 0.2) is 11.9 Å². The highest BCUT2D eigenvalue weighted by Crippen LogP contribution is 2.41. The van der Waals surface area contributed by atoms with Gasteiger partial charge in [-0.2, -0.15) is 4.98 Å². The van der Waals surface area contributed by atoms with Crippen LogP contribution in [0.3, 0.4) is 0 Å². The van der Waals surface area contributed by atoms with Gasteiger partial charge in [-0.05, 0) is 36.8 Å². The van der Waals surface area contributed by atoms with Crippen LogP contribution in [0.4, 0.5) is 5.69 Å². The molecule has 0 unspecified atom stereocenters. The second kappa shape index (κ2) is 8.68. The number of aryl methyl sites for hydroxylation is 1. The molecular weight excluding hydrogens is 444 g/mol. The van der Waals surface area contributed by atoms with E-state index in [2.05, 4.69) is 51.7 Å². The number of hydrogen-bond donors (Lipinski definition) is 2. The van der Waals surface area contributed by atoms with E-state index in [-0.39, 0.29) is 5.75 Å². The zero-order valence-corrected chi connectivity index (χ0v) is 18.7. The maximum atomic E-state index is 9.99. The number of benzene rings is 3. The van der Waals surface area contributed by atoms with Crippen molar-refractivity contribution >= 4 is 29.1 Å². The second-order valence-corrected chi connectivity index (χ2v) is 8.77. The van der Waals surface area contributed by atoms with Crippen LogP contribution in [0.2, 0.25) is 5.02 Å². The Bertz CT molecular complexity index is 1280. The molecule has 6 nitrogen and oxygen atoms in total. The van der Waals surface area contributed by atoms with Gasteiger partial charge in [0.05, 0.1) is 0 Å². The smallest absolute Gasteiger partial charge is 0.247 e. The number of anilines is 1. The Hall–Kier alpha value is -3.29. The Balaban J connectivity index is 1.50. The zero-order valence-electron chi connectivity index (χ0n) is 17.1. The third-order valence-corrected chi connectivity index (χ3v) is 6.34. The number of aromatic hydroxyl groups is 1. The minimum absolute atomic E-state index is 0.0997. The van der Waals surface area contributed by atoms with E-state index in [1.54, 1.807) is 12.1 Å². The number of nitrogens with zero attached hydrogens (tertiary/aromatic N) is 3. The van der Waals surface area contributed by atoms with Crippen molar-refractivity contribution in [3.63, 3.8) is 0 Å². The van der Waals surface area contributed by atoms with Gasteiger partial charge in [-0.15, -0.1) is 10.2 Å². The number of phenols is 1. The van der Waals surface area contributed by atoms with Crippen LogP contribution in [0.15, 0.2) is 71.9 Å². The van der Waals surface area contributed by atoms with Crippen molar-refractivity contribution in [2.75, 3.05) is 5.32 Å². The first-order valence-corrected chi connectivity index (χ1v) is 11.4. The summed E-state index contributed by atoms with van der Waals surface area (Å²) in [5.41, 5.74) is 5.19. The molecule has 2 N–H and O–H groups in total. The van der Waals surface area contributed by atoms with Gasteiger partial charge >= 0.3 is 0 Å². The van der Waals surface area contributed by atoms with Gasteiger partial charge in [-0.1, -0.05) is 71.4 Å². The molecule has 1 atom stereocenters. The maximum absolute atomic E-state index is 9.99. The summed E-state index contributed by atoms with van der Waals surface area (Å²) in [6, 6.07) is 20.8. The lowest BCUT2D eigenvalue weighted by Gasteiger charge is -2.20. The molecule has 8 heteroatoms. The Kier molecular flexibility index (Phi) is 5.59. The summed E-state index contributed by atoms with van der Waals surface area (Å²) >= 11 is 7.91. The number of ether oxygens (including phenoxy) is 1. The fourth-order valence-corrected chi connectivity index (χ4v) is 4.36. The summed E-state index contributed by atoms with van der Waals surface area (Å²) in [6.07, 6.45) is -0.663. The van der Waals surface area contributed by atoms with Crippen LogP contribution in [-0.4, -0.2) is 20.3 Å². The molecule has 3 aromatic carbocycles. The molecule has 0 aliphatic carbocycles. The molecular formula is C24H19ClN4O2S. The lowest BCUT2D eigenvalue weighted by Crippen LogP contribution is -2.17. The summed E-state index contributed by atoms with van der Waals surface area (Å²) < 4.78 is 6.24. The molecule has 4 aromatic rings. The number of nitrogens with one attached hydrogen (secondary N) is 1. The first-order valence-electron chi connectivity index (χ1n) is 10.0. The minimum atomic E-state index is -0.663. The molecule has 2 heterocycles. The minimum Gasteiger partial charge on any atom is -0.508 e. The van der Waals surface area contributed by atoms with Gasteiger partial charge in [-0.25, -0.2) is 0 Å². The normalized spacial score (nSPS) is 14.5. The lowest BCUT2D eigenvalue weighted by molar-refractivity contribution is 0.225. The molecule has 1 aliphatic rings. The zero-order chi connectivity index (χ0) is 22.1. The molecule has 0 radical (unpaired) electrons. The highest BCUT2D eigenvalue weighted by Gasteiger charge is 2.27. The van der Waals surface area contributed by atoms with Crippen molar-refractivity contribution in [2.24, 2.45) is 0 Å². The molecule has 160 valence electrons. The topological polar surface area (TPSA) is 80.2 Å². The largest absolute Gasteiger partial charge is 0.508 e. The Labute approximate surface area is 194 Å². The molecule has 1 aromatic heterocycles. The number of halogens is 1. The summed E-state index contributed by atoms with van der Waals surface area (Å²) in [5.74, 6) is 1.17. The monoisotopic (exact) mass is 462 g/mol. The van der Waals surface area contributed by atoms with E-state index in [1.165, 1.54) is 29.0 Å². The first kappa shape index (κ1) is 20.6. The van der Waals surface area contributed by atoms with Gasteiger partial charge in [0, 0.05) is 27.6 Å². The lowest BCUT2D eigenvalue weighted by atomic mass is 10.1. The van der Waals surface area contributed by atoms with E-state index < -0.39 is 6.23 Å². The fraction of sp³-hybridized carbons (Fsp3) is 0.125. The van der Waals surface area contributed by atoms with Gasteiger partial charge in [0.25, 0.3) is 0 Å². The van der Waals surface area contributed by atoms with Crippen LogP contribution < -0.4 is 10.1 Å². The second-order valence-electron chi connectivity index (χ2n) is 7.42. The number of para-hydroxylation sites is 1. The molecule has 0 bridgehead atoms. The van der Waals surface area contributed by atoms with E-state index in [9.17, 15) is 5.11 Å². The predicted octanol–water partition coefficient (Wildman–Crippen LogP) is 6.00. The Morgan fingerprint density at radius 2 is 1.88 bits per heavy atom. The van der Waals surface area contributed by atoms with Gasteiger partial charge < -0.3 is 15.2 Å². The van der Waals surface area contributed by atoms with Crippen molar-refractivity contribution in [1.29, 1.82) is 0 Å². The number of fused-ring (bicyclic) bond motifs is 3. The number of hydrogen-bond acceptors (Lipinski definition) is 7. The van der Waals surface area contributed by atoms with Crippen molar-refractivity contribution in [1.82, 2.24) is 15.2 Å². The maximum Gasteiger partial charge on any atom is 0.247 e. The van der Waals surface area contributed by atoms with Crippen LogP contribution in [0, 0.1) is 6.92 Å². The number of aromatic nitrogens is 3. The van der Waals surface area contributed by atoms with E-state index in [0.717, 1.165) is 17.0 Å². The van der Waals surface area contributed by atoms with Gasteiger partial charge in [0.1, 0.15) is 5.75 Å². The Morgan fingerprint density at radius 3 is 2.72 bits per heavy atom. The standard InChI is InChI=1S/C24H19ClN4O2S/c1-14-6-8-15(9-7-14)13-32-24-27-23-21(28-29-24)17-4-2-3-5-20(17)26-22(31-23)18-12-16(30)10-11-19(18)25/h2-12,22,26,30H,13H2,1H3/t22-/m0/s1. The van der Waals surface area contributed by atoms with Crippen LogP contribution in [0.1, 0.15) is 22.9 Å². The number of rotatable bonds is 4.